The summed E-state index contributed by atoms with van der Waals surface area (Å²) in [6.07, 6.45) is 9.38. The molecule has 5 rings (SSSR count). The van der Waals surface area contributed by atoms with Crippen LogP contribution in [0, 0.1) is 0 Å². The third-order valence-electron chi connectivity index (χ3n) is 5.07. The average Bonchev–Trinajstić information content (AvgIpc) is 3.22. The number of hydrogen-bond donors (Lipinski definition) is 0. The lowest BCUT2D eigenvalue weighted by Crippen LogP contribution is -2.02. The molecular weight excluding hydrogens is 306 g/mol. The van der Waals surface area contributed by atoms with Crippen LogP contribution in [0.3, 0.4) is 0 Å². The summed E-state index contributed by atoms with van der Waals surface area (Å²) in [6.45, 7) is 0.675. The number of nitrogens with zero attached hydrogens (tertiary/aromatic N) is 1. The Morgan fingerprint density at radius 1 is 0.840 bits per heavy atom. The lowest BCUT2D eigenvalue weighted by Gasteiger charge is -2.18. The third kappa shape index (κ3) is 3.12. The van der Waals surface area contributed by atoms with Crippen molar-refractivity contribution in [2.24, 2.45) is 4.99 Å². The van der Waals surface area contributed by atoms with Crippen molar-refractivity contribution in [1.82, 2.24) is 0 Å². The number of aldehydes is 1. The van der Waals surface area contributed by atoms with Gasteiger partial charge >= 0.3 is 0 Å². The van der Waals surface area contributed by atoms with Gasteiger partial charge in [-0.3, -0.25) is 9.79 Å². The lowest BCUT2D eigenvalue weighted by molar-refractivity contribution is -0.104. The number of aryl methyl sites for hydroxylation is 2. The van der Waals surface area contributed by atoms with Crippen LogP contribution in [0.2, 0.25) is 0 Å². The first-order valence-electron chi connectivity index (χ1n) is 8.94. The number of carbonyl (C=O) groups excluding carboxylic acids is 1. The number of aliphatic imine (C=N–C) groups is 1. The van der Waals surface area contributed by atoms with Crippen LogP contribution in [0.1, 0.15) is 24.0 Å². The van der Waals surface area contributed by atoms with Gasteiger partial charge in [-0.05, 0) is 58.4 Å². The highest BCUT2D eigenvalue weighted by Gasteiger charge is 2.13. The molecule has 3 aromatic carbocycles. The van der Waals surface area contributed by atoms with Gasteiger partial charge in [0, 0.05) is 11.8 Å². The molecule has 25 heavy (non-hydrogen) atoms. The maximum absolute atomic E-state index is 9.85. The van der Waals surface area contributed by atoms with E-state index < -0.39 is 0 Å². The molecule has 0 N–H and O–H groups in total. The molecule has 0 amide bonds. The van der Waals surface area contributed by atoms with E-state index in [4.69, 9.17) is 0 Å². The maximum atomic E-state index is 9.85. The lowest BCUT2D eigenvalue weighted by atomic mass is 9.86. The fraction of sp³-hybridized carbons (Fsp3) is 0.217. The van der Waals surface area contributed by atoms with Crippen LogP contribution < -0.4 is 0 Å². The molecule has 0 saturated carbocycles. The summed E-state index contributed by atoms with van der Waals surface area (Å²) in [6, 6.07) is 18.0. The number of fused-ring (bicyclic) bond motifs is 5. The number of rotatable bonds is 1. The summed E-state index contributed by atoms with van der Waals surface area (Å²) in [5.74, 6) is 0. The zero-order valence-electron chi connectivity index (χ0n) is 14.2. The molecule has 2 nitrogen and oxygen atoms in total. The minimum absolute atomic E-state index is 0.675. The Labute approximate surface area is 147 Å². The Kier molecular flexibility index (Phi) is 4.43. The minimum Gasteiger partial charge on any atom is -0.298 e. The highest BCUT2D eigenvalue weighted by Crippen LogP contribution is 2.33. The topological polar surface area (TPSA) is 29.4 Å². The molecule has 1 heterocycles. The molecule has 0 fully saturated rings. The van der Waals surface area contributed by atoms with E-state index in [2.05, 4.69) is 53.5 Å². The Bertz CT molecular complexity index is 998. The highest BCUT2D eigenvalue weighted by molar-refractivity contribution is 6.08. The van der Waals surface area contributed by atoms with Crippen LogP contribution in [-0.2, 0) is 17.6 Å². The van der Waals surface area contributed by atoms with Gasteiger partial charge in [0.2, 0.25) is 0 Å². The Balaban J connectivity index is 0.000000190. The number of benzene rings is 3. The molecule has 1 aliphatic carbocycles. The monoisotopic (exact) mass is 327 g/mol. The van der Waals surface area contributed by atoms with Gasteiger partial charge in [0.25, 0.3) is 0 Å². The van der Waals surface area contributed by atoms with Gasteiger partial charge in [0.1, 0.15) is 0 Å². The molecule has 0 bridgehead atoms. The van der Waals surface area contributed by atoms with Crippen molar-refractivity contribution in [3.63, 3.8) is 0 Å². The van der Waals surface area contributed by atoms with Gasteiger partial charge < -0.3 is 0 Å². The van der Waals surface area contributed by atoms with E-state index in [0.29, 0.717) is 12.1 Å². The van der Waals surface area contributed by atoms with E-state index in [1.165, 1.54) is 47.2 Å². The predicted octanol–water partition coefficient (Wildman–Crippen LogP) is 5.07. The summed E-state index contributed by atoms with van der Waals surface area (Å²) < 4.78 is 0. The standard InChI is InChI=1S/C18H16.C5H5NO/c1-3-7-15-13(5-1)9-11-18-16-8-4-2-6-14(16)10-12-17(15)18;7-4-5-1-2-6-3-5/h1,3,5,7,9-12H,2,4,6,8H2;1,3-4H,2H2. The first kappa shape index (κ1) is 15.8. The molecule has 124 valence electrons. The first-order valence-corrected chi connectivity index (χ1v) is 8.94. The van der Waals surface area contributed by atoms with Crippen molar-refractivity contribution in [3.05, 3.63) is 71.3 Å². The molecule has 0 unspecified atom stereocenters. The summed E-state index contributed by atoms with van der Waals surface area (Å²) in [5, 5.41) is 5.64. The third-order valence-corrected chi connectivity index (χ3v) is 5.07. The summed E-state index contributed by atoms with van der Waals surface area (Å²) in [4.78, 5) is 13.6. The van der Waals surface area contributed by atoms with Gasteiger partial charge in [0.05, 0.1) is 6.54 Å². The zero-order valence-corrected chi connectivity index (χ0v) is 14.2. The van der Waals surface area contributed by atoms with E-state index >= 15 is 0 Å². The summed E-state index contributed by atoms with van der Waals surface area (Å²) in [7, 11) is 0. The van der Waals surface area contributed by atoms with Gasteiger partial charge in [-0.2, -0.15) is 0 Å². The Hall–Kier alpha value is -2.74. The smallest absolute Gasteiger partial charge is 0.151 e. The number of hydrogen-bond acceptors (Lipinski definition) is 2. The second-order valence-electron chi connectivity index (χ2n) is 6.61. The molecule has 3 aromatic rings. The molecule has 0 radical (unpaired) electrons. The van der Waals surface area contributed by atoms with E-state index in [1.807, 2.05) is 0 Å². The van der Waals surface area contributed by atoms with Crippen LogP contribution in [0.4, 0.5) is 0 Å². The van der Waals surface area contributed by atoms with Crippen molar-refractivity contribution in [1.29, 1.82) is 0 Å². The summed E-state index contributed by atoms with van der Waals surface area (Å²) in [5.41, 5.74) is 3.87. The second kappa shape index (κ2) is 7.02. The highest BCUT2D eigenvalue weighted by atomic mass is 16.1. The molecule has 0 saturated heterocycles. The first-order chi connectivity index (χ1) is 12.4. The maximum Gasteiger partial charge on any atom is 0.151 e. The molecule has 0 spiro atoms. The Morgan fingerprint density at radius 3 is 2.48 bits per heavy atom. The van der Waals surface area contributed by atoms with Crippen molar-refractivity contribution in [3.8, 4) is 0 Å². The predicted molar refractivity (Wildman–Crippen MR) is 106 cm³/mol. The quantitative estimate of drug-likeness (QED) is 0.453. The van der Waals surface area contributed by atoms with Crippen molar-refractivity contribution < 1.29 is 4.79 Å². The van der Waals surface area contributed by atoms with Crippen LogP contribution in [0.5, 0.6) is 0 Å². The molecular formula is C23H21NO. The van der Waals surface area contributed by atoms with Crippen molar-refractivity contribution >= 4 is 34.0 Å². The van der Waals surface area contributed by atoms with Crippen molar-refractivity contribution in [2.45, 2.75) is 25.7 Å². The summed E-state index contributed by atoms with van der Waals surface area (Å²) >= 11 is 0. The number of carbonyl (C=O) groups is 1. The van der Waals surface area contributed by atoms with E-state index in [-0.39, 0.29) is 0 Å². The molecule has 2 aliphatic rings. The van der Waals surface area contributed by atoms with Gasteiger partial charge in [0.15, 0.2) is 6.29 Å². The van der Waals surface area contributed by atoms with E-state index in [0.717, 1.165) is 6.29 Å². The molecule has 0 atom stereocenters. The molecule has 2 heteroatoms. The van der Waals surface area contributed by atoms with Crippen LogP contribution >= 0.6 is 0 Å². The zero-order chi connectivity index (χ0) is 17.1. The molecule has 1 aliphatic heterocycles. The number of allylic oxidation sites excluding steroid dienone is 1. The SMILES string of the molecule is O=CC1=CCN=C1.c1ccc2c(c1)ccc1c3c(ccc12)CCCC3. The molecule has 0 aromatic heterocycles. The van der Waals surface area contributed by atoms with Gasteiger partial charge in [-0.1, -0.05) is 54.6 Å². The minimum atomic E-state index is 0.675. The van der Waals surface area contributed by atoms with E-state index in [1.54, 1.807) is 23.4 Å². The van der Waals surface area contributed by atoms with Crippen LogP contribution in [0.15, 0.2) is 65.2 Å². The van der Waals surface area contributed by atoms with Gasteiger partial charge in [-0.15, -0.1) is 0 Å². The van der Waals surface area contributed by atoms with E-state index in [9.17, 15) is 4.79 Å². The van der Waals surface area contributed by atoms with Gasteiger partial charge in [-0.25, -0.2) is 0 Å². The van der Waals surface area contributed by atoms with Crippen LogP contribution in [-0.4, -0.2) is 19.0 Å². The fourth-order valence-electron chi connectivity index (χ4n) is 3.79. The van der Waals surface area contributed by atoms with Crippen molar-refractivity contribution in [2.75, 3.05) is 6.54 Å². The normalized spacial score (nSPS) is 15.4. The fourth-order valence-corrected chi connectivity index (χ4v) is 3.79. The Morgan fingerprint density at radius 2 is 1.68 bits per heavy atom. The van der Waals surface area contributed by atoms with Crippen LogP contribution in [0.25, 0.3) is 21.5 Å². The second-order valence-corrected chi connectivity index (χ2v) is 6.61. The average molecular weight is 327 g/mol. The largest absolute Gasteiger partial charge is 0.298 e.